The highest BCUT2D eigenvalue weighted by Gasteiger charge is 2.16. The molecule has 3 aromatic carbocycles. The van der Waals surface area contributed by atoms with E-state index in [2.05, 4.69) is 25.4 Å². The van der Waals surface area contributed by atoms with E-state index in [-0.39, 0.29) is 36.5 Å². The third-order valence-corrected chi connectivity index (χ3v) is 4.97. The molecular formula is C52H102N6O13. The third-order valence-electron chi connectivity index (χ3n) is 4.97. The Balaban J connectivity index is -0.0000000749. The predicted octanol–water partition coefficient (Wildman–Crippen LogP) is 14.0. The van der Waals surface area contributed by atoms with Gasteiger partial charge in [-0.3, -0.25) is 30.9 Å². The van der Waals surface area contributed by atoms with Crippen LogP contribution in [0, 0.1) is 20.2 Å². The van der Waals surface area contributed by atoms with Gasteiger partial charge >= 0.3 is 18.3 Å². The molecule has 0 radical (unpaired) electrons. The summed E-state index contributed by atoms with van der Waals surface area (Å²) < 4.78 is 24.0. The summed E-state index contributed by atoms with van der Waals surface area (Å²) in [7, 11) is 3.99. The molecule has 3 amide bonds. The van der Waals surface area contributed by atoms with Crippen molar-refractivity contribution < 1.29 is 53.0 Å². The summed E-state index contributed by atoms with van der Waals surface area (Å²) in [5.41, 5.74) is 5.17. The van der Waals surface area contributed by atoms with E-state index in [1.807, 2.05) is 141 Å². The van der Waals surface area contributed by atoms with Gasteiger partial charge in [0.05, 0.1) is 9.85 Å². The molecule has 0 aliphatic carbocycles. The number of carbonyl (C=O) groups is 3. The molecule has 0 aliphatic heterocycles. The molecule has 0 bridgehead atoms. The Bertz CT molecular complexity index is 1440. The zero-order chi connectivity index (χ0) is 58.5. The summed E-state index contributed by atoms with van der Waals surface area (Å²) in [5.74, 6) is 0. The van der Waals surface area contributed by atoms with E-state index in [0.29, 0.717) is 6.54 Å². The van der Waals surface area contributed by atoms with Crippen LogP contribution in [0.3, 0.4) is 0 Å². The van der Waals surface area contributed by atoms with E-state index < -0.39 is 33.2 Å². The molecular weight excluding hydrogens is 917 g/mol. The van der Waals surface area contributed by atoms with Crippen LogP contribution < -0.4 is 21.7 Å². The Hall–Kier alpha value is -6.05. The summed E-state index contributed by atoms with van der Waals surface area (Å²) in [6.45, 7) is 43.1. The molecule has 418 valence electrons. The first kappa shape index (κ1) is 88.0. The standard InChI is InChI=1S/2C7H15NO3.C7H15NO2.2C6H5NO2.C6H7N.6C2H6.CH4O/c2*1-7(2,3)11-6(9)8-5-10-4;1-5-8-6(9)10-7(2,3)4;2*8-7(9)6-4-2-1-3-5-6;7-6-4-2-1-3-5-6;7*1-2/h2*5H2,1-4H3,(H,8,9);5H2,1-4H3,(H,8,9);2*1-5H;1-5H,7H2;6*1-2H3;2H,1H3. The lowest BCUT2D eigenvalue weighted by atomic mass is 10.2. The topological polar surface area (TPSA) is 266 Å². The fourth-order valence-electron chi connectivity index (χ4n) is 2.90. The molecule has 0 aromatic heterocycles. The number of nitro groups is 2. The van der Waals surface area contributed by atoms with Gasteiger partial charge in [0, 0.05) is 57.8 Å². The van der Waals surface area contributed by atoms with E-state index in [9.17, 15) is 34.6 Å². The van der Waals surface area contributed by atoms with Gasteiger partial charge in [-0.15, -0.1) is 0 Å². The van der Waals surface area contributed by atoms with E-state index in [1.165, 1.54) is 38.5 Å². The van der Waals surface area contributed by atoms with Crippen LogP contribution in [0.1, 0.15) is 152 Å². The third kappa shape index (κ3) is 90.9. The highest BCUT2D eigenvalue weighted by molar-refractivity contribution is 5.68. The van der Waals surface area contributed by atoms with Gasteiger partial charge in [0.2, 0.25) is 0 Å². The molecule has 0 saturated heterocycles. The number of nitrogen functional groups attached to an aromatic ring is 1. The first-order chi connectivity index (χ1) is 33.4. The quantitative estimate of drug-likeness (QED) is 0.0484. The molecule has 0 fully saturated rings. The van der Waals surface area contributed by atoms with E-state index in [1.54, 1.807) is 77.9 Å². The lowest BCUT2D eigenvalue weighted by molar-refractivity contribution is -0.385. The average molecular weight is 1020 g/mol. The number of hydrogen-bond acceptors (Lipinski definition) is 14. The number of anilines is 1. The molecule has 0 spiro atoms. The molecule has 71 heavy (non-hydrogen) atoms. The Kier molecular flexibility index (Phi) is 81.8. The normalized spacial score (nSPS) is 8.59. The van der Waals surface area contributed by atoms with Crippen LogP contribution in [0.4, 0.5) is 31.4 Å². The Morgan fingerprint density at radius 2 is 0.690 bits per heavy atom. The summed E-state index contributed by atoms with van der Waals surface area (Å²) in [4.78, 5) is 51.5. The second-order valence-electron chi connectivity index (χ2n) is 13.9. The molecule has 0 atom stereocenters. The van der Waals surface area contributed by atoms with Gasteiger partial charge in [-0.25, -0.2) is 14.4 Å². The van der Waals surface area contributed by atoms with Crippen LogP contribution in [0.15, 0.2) is 91.0 Å². The number of ether oxygens (including phenoxy) is 5. The first-order valence-corrected chi connectivity index (χ1v) is 23.9. The van der Waals surface area contributed by atoms with Gasteiger partial charge in [-0.2, -0.15) is 0 Å². The Morgan fingerprint density at radius 3 is 0.831 bits per heavy atom. The number of carbonyl (C=O) groups excluding carboxylic acids is 3. The predicted molar refractivity (Wildman–Crippen MR) is 296 cm³/mol. The van der Waals surface area contributed by atoms with Crippen molar-refractivity contribution in [3.8, 4) is 0 Å². The van der Waals surface area contributed by atoms with Crippen LogP contribution in [-0.4, -0.2) is 91.4 Å². The number of benzene rings is 3. The van der Waals surface area contributed by atoms with Crippen LogP contribution in [0.5, 0.6) is 0 Å². The van der Waals surface area contributed by atoms with Crippen molar-refractivity contribution in [2.75, 3.05) is 47.1 Å². The molecule has 0 aliphatic rings. The van der Waals surface area contributed by atoms with Gasteiger partial charge in [-0.1, -0.05) is 138 Å². The van der Waals surface area contributed by atoms with Gasteiger partial charge in [0.15, 0.2) is 0 Å². The minimum absolute atomic E-state index is 0.137. The lowest BCUT2D eigenvalue weighted by Gasteiger charge is -2.19. The number of amides is 3. The molecule has 0 saturated carbocycles. The SMILES string of the molecule is CC.CC.CC.CC.CC.CC.CCNC(=O)OC(C)(C)C.CO.COCNC(=O)OC(C)(C)C.COCNC(=O)OC(C)(C)C.Nc1ccccc1.O=[N+]([O-])c1ccccc1.O=[N+]([O-])c1ccccc1. The molecule has 19 nitrogen and oxygen atoms in total. The number of hydrogen-bond donors (Lipinski definition) is 5. The number of nitrogens with zero attached hydrogens (tertiary/aromatic N) is 2. The van der Waals surface area contributed by atoms with E-state index in [4.69, 9.17) is 25.1 Å². The van der Waals surface area contributed by atoms with Crippen LogP contribution in [-0.2, 0) is 23.7 Å². The summed E-state index contributed by atoms with van der Waals surface area (Å²) in [6.07, 6.45) is -1.27. The minimum atomic E-state index is -0.459. The molecule has 0 unspecified atom stereocenters. The molecule has 0 heterocycles. The van der Waals surface area contributed by atoms with Crippen molar-refractivity contribution in [1.29, 1.82) is 0 Å². The molecule has 3 aromatic rings. The number of alkyl carbamates (subject to hydrolysis) is 3. The van der Waals surface area contributed by atoms with Crippen LogP contribution in [0.25, 0.3) is 0 Å². The highest BCUT2D eigenvalue weighted by Crippen LogP contribution is 2.09. The number of para-hydroxylation sites is 3. The number of aliphatic hydroxyl groups is 1. The fraction of sp³-hybridized carbons (Fsp3) is 0.596. The smallest absolute Gasteiger partial charge is 0.409 e. The van der Waals surface area contributed by atoms with Crippen LogP contribution in [0.2, 0.25) is 0 Å². The summed E-state index contributed by atoms with van der Waals surface area (Å²) in [6, 6.07) is 25.4. The number of nitrogens with one attached hydrogen (secondary N) is 3. The van der Waals surface area contributed by atoms with Crippen molar-refractivity contribution in [3.63, 3.8) is 0 Å². The maximum absolute atomic E-state index is 10.8. The maximum atomic E-state index is 10.8. The number of non-ortho nitro benzene ring substituents is 2. The zero-order valence-corrected chi connectivity index (χ0v) is 48.6. The van der Waals surface area contributed by atoms with Gasteiger partial charge in [0.25, 0.3) is 11.4 Å². The van der Waals surface area contributed by atoms with E-state index >= 15 is 0 Å². The largest absolute Gasteiger partial charge is 0.444 e. The molecule has 6 N–H and O–H groups in total. The van der Waals surface area contributed by atoms with Gasteiger partial charge in [0.1, 0.15) is 30.3 Å². The Morgan fingerprint density at radius 1 is 0.479 bits per heavy atom. The number of aliphatic hydroxyl groups excluding tert-OH is 1. The van der Waals surface area contributed by atoms with Crippen molar-refractivity contribution in [2.24, 2.45) is 0 Å². The van der Waals surface area contributed by atoms with Crippen LogP contribution >= 0.6 is 0 Å². The minimum Gasteiger partial charge on any atom is -0.444 e. The first-order valence-electron chi connectivity index (χ1n) is 23.9. The number of methoxy groups -OCH3 is 2. The number of nitrogens with two attached hydrogens (primary N) is 1. The van der Waals surface area contributed by atoms with Gasteiger partial charge in [-0.05, 0) is 81.4 Å². The zero-order valence-electron chi connectivity index (χ0n) is 48.6. The number of nitro benzene ring substituents is 2. The second kappa shape index (κ2) is 66.0. The second-order valence-corrected chi connectivity index (χ2v) is 13.9. The fourth-order valence-corrected chi connectivity index (χ4v) is 2.90. The maximum Gasteiger partial charge on any atom is 0.409 e. The molecule has 3 rings (SSSR count). The monoisotopic (exact) mass is 1020 g/mol. The lowest BCUT2D eigenvalue weighted by Crippen LogP contribution is -2.33. The van der Waals surface area contributed by atoms with Crippen molar-refractivity contribution in [2.45, 2.75) is 169 Å². The van der Waals surface area contributed by atoms with Crippen molar-refractivity contribution >= 4 is 35.3 Å². The highest BCUT2D eigenvalue weighted by atomic mass is 16.6. The Labute approximate surface area is 430 Å². The summed E-state index contributed by atoms with van der Waals surface area (Å²) in [5, 5.41) is 34.4. The molecule has 19 heteroatoms. The van der Waals surface area contributed by atoms with E-state index in [0.717, 1.165) is 12.8 Å². The van der Waals surface area contributed by atoms with Crippen molar-refractivity contribution in [3.05, 3.63) is 111 Å². The summed E-state index contributed by atoms with van der Waals surface area (Å²) >= 11 is 0. The van der Waals surface area contributed by atoms with Crippen molar-refractivity contribution in [1.82, 2.24) is 16.0 Å². The average Bonchev–Trinajstić information content (AvgIpc) is 3.35. The number of rotatable bonds is 7. The van der Waals surface area contributed by atoms with Gasteiger partial charge < -0.3 is 39.8 Å².